The number of thiazole rings is 1. The molecule has 3 nitrogen and oxygen atoms in total. The molecule has 94 valence electrons. The van der Waals surface area contributed by atoms with Crippen molar-refractivity contribution in [3.63, 3.8) is 0 Å². The zero-order valence-electron chi connectivity index (χ0n) is 10.4. The molecule has 1 aliphatic rings. The minimum Gasteiger partial charge on any atom is -0.508 e. The van der Waals surface area contributed by atoms with Crippen LogP contribution in [0.3, 0.4) is 0 Å². The van der Waals surface area contributed by atoms with Crippen LogP contribution in [0.15, 0.2) is 24.3 Å². The number of fused-ring (bicyclic) bond motifs is 1. The second kappa shape index (κ2) is 4.37. The summed E-state index contributed by atoms with van der Waals surface area (Å²) in [5.41, 5.74) is 2.11. The van der Waals surface area contributed by atoms with Crippen molar-refractivity contribution in [2.75, 3.05) is 0 Å². The Balaban J connectivity index is 2.03. The summed E-state index contributed by atoms with van der Waals surface area (Å²) >= 11 is 1.66. The molecule has 2 unspecified atom stereocenters. The highest BCUT2D eigenvalue weighted by atomic mass is 32.1. The second-order valence-electron chi connectivity index (χ2n) is 4.67. The lowest BCUT2D eigenvalue weighted by molar-refractivity contribution is -0.00316. The molecular weight excluding hydrogens is 246 g/mol. The van der Waals surface area contributed by atoms with Crippen molar-refractivity contribution in [3.05, 3.63) is 34.8 Å². The van der Waals surface area contributed by atoms with Gasteiger partial charge in [0.05, 0.1) is 22.8 Å². The Morgan fingerprint density at radius 3 is 3.00 bits per heavy atom. The number of rotatable bonds is 1. The van der Waals surface area contributed by atoms with Gasteiger partial charge in [-0.05, 0) is 26.0 Å². The van der Waals surface area contributed by atoms with Crippen LogP contribution in [0.2, 0.25) is 0 Å². The summed E-state index contributed by atoms with van der Waals surface area (Å²) in [4.78, 5) is 5.90. The van der Waals surface area contributed by atoms with Gasteiger partial charge >= 0.3 is 0 Å². The fourth-order valence-electron chi connectivity index (χ4n) is 2.32. The van der Waals surface area contributed by atoms with Gasteiger partial charge in [-0.15, -0.1) is 11.3 Å². The SMILES string of the molecule is CC1Cc2nc(-c3cccc(O)c3)sc2C(C)O1. The average Bonchev–Trinajstić information content (AvgIpc) is 2.73. The average molecular weight is 261 g/mol. The number of hydrogen-bond donors (Lipinski definition) is 1. The lowest BCUT2D eigenvalue weighted by Crippen LogP contribution is -2.20. The van der Waals surface area contributed by atoms with Crippen LogP contribution >= 0.6 is 11.3 Å². The first-order valence-electron chi connectivity index (χ1n) is 6.08. The van der Waals surface area contributed by atoms with E-state index < -0.39 is 0 Å². The summed E-state index contributed by atoms with van der Waals surface area (Å²) in [6, 6.07) is 7.23. The molecule has 2 heterocycles. The van der Waals surface area contributed by atoms with Gasteiger partial charge in [-0.1, -0.05) is 12.1 Å². The van der Waals surface area contributed by atoms with Crippen molar-refractivity contribution >= 4 is 11.3 Å². The lowest BCUT2D eigenvalue weighted by atomic mass is 10.1. The molecule has 1 aliphatic heterocycles. The van der Waals surface area contributed by atoms with Crippen LogP contribution in [0.1, 0.15) is 30.5 Å². The maximum Gasteiger partial charge on any atom is 0.124 e. The molecule has 3 rings (SSSR count). The summed E-state index contributed by atoms with van der Waals surface area (Å²) in [5, 5.41) is 10.5. The Kier molecular flexibility index (Phi) is 2.84. The Labute approximate surface area is 110 Å². The first-order valence-corrected chi connectivity index (χ1v) is 6.89. The number of benzene rings is 1. The Bertz CT molecular complexity index is 579. The molecule has 1 N–H and O–H groups in total. The highest BCUT2D eigenvalue weighted by molar-refractivity contribution is 7.15. The van der Waals surface area contributed by atoms with Gasteiger partial charge in [-0.3, -0.25) is 0 Å². The van der Waals surface area contributed by atoms with Gasteiger partial charge in [0.2, 0.25) is 0 Å². The lowest BCUT2D eigenvalue weighted by Gasteiger charge is -2.23. The predicted octanol–water partition coefficient (Wildman–Crippen LogP) is 3.54. The van der Waals surface area contributed by atoms with Crippen molar-refractivity contribution in [2.24, 2.45) is 0 Å². The highest BCUT2D eigenvalue weighted by Crippen LogP contribution is 2.38. The normalized spacial score (nSPS) is 22.8. The minimum atomic E-state index is 0.118. The van der Waals surface area contributed by atoms with Crippen molar-refractivity contribution in [1.29, 1.82) is 0 Å². The monoisotopic (exact) mass is 261 g/mol. The molecule has 0 spiro atoms. The molecule has 0 radical (unpaired) electrons. The second-order valence-corrected chi connectivity index (χ2v) is 5.70. The van der Waals surface area contributed by atoms with Crippen molar-refractivity contribution in [1.82, 2.24) is 4.98 Å². The Morgan fingerprint density at radius 1 is 1.39 bits per heavy atom. The van der Waals surface area contributed by atoms with Crippen molar-refractivity contribution in [3.8, 4) is 16.3 Å². The van der Waals surface area contributed by atoms with Crippen LogP contribution in [0.4, 0.5) is 0 Å². The smallest absolute Gasteiger partial charge is 0.124 e. The number of hydrogen-bond acceptors (Lipinski definition) is 4. The van der Waals surface area contributed by atoms with E-state index in [1.54, 1.807) is 23.5 Å². The first kappa shape index (κ1) is 11.7. The van der Waals surface area contributed by atoms with E-state index in [0.29, 0.717) is 0 Å². The molecule has 0 amide bonds. The van der Waals surface area contributed by atoms with E-state index in [4.69, 9.17) is 9.72 Å². The molecule has 4 heteroatoms. The summed E-state index contributed by atoms with van der Waals surface area (Å²) in [6.45, 7) is 4.14. The minimum absolute atomic E-state index is 0.118. The highest BCUT2D eigenvalue weighted by Gasteiger charge is 2.26. The summed E-state index contributed by atoms with van der Waals surface area (Å²) in [7, 11) is 0. The van der Waals surface area contributed by atoms with Gasteiger partial charge in [0.25, 0.3) is 0 Å². The molecule has 0 bridgehead atoms. The van der Waals surface area contributed by atoms with E-state index in [2.05, 4.69) is 13.8 Å². The fourth-order valence-corrected chi connectivity index (χ4v) is 3.40. The third kappa shape index (κ3) is 2.02. The van der Waals surface area contributed by atoms with Gasteiger partial charge in [-0.25, -0.2) is 4.98 Å². The van der Waals surface area contributed by atoms with Crippen molar-refractivity contribution in [2.45, 2.75) is 32.5 Å². The number of aromatic hydroxyl groups is 1. The molecular formula is C14H15NO2S. The van der Waals surface area contributed by atoms with Crippen LogP contribution in [0.5, 0.6) is 5.75 Å². The molecule has 2 atom stereocenters. The quantitative estimate of drug-likeness (QED) is 0.853. The van der Waals surface area contributed by atoms with E-state index in [1.165, 1.54) is 4.88 Å². The molecule has 18 heavy (non-hydrogen) atoms. The van der Waals surface area contributed by atoms with Crippen LogP contribution in [0.25, 0.3) is 10.6 Å². The van der Waals surface area contributed by atoms with E-state index in [0.717, 1.165) is 22.7 Å². The number of phenols is 1. The zero-order chi connectivity index (χ0) is 12.7. The summed E-state index contributed by atoms with van der Waals surface area (Å²) < 4.78 is 5.81. The molecule has 0 fully saturated rings. The third-order valence-corrected chi connectivity index (χ3v) is 4.41. The van der Waals surface area contributed by atoms with E-state index in [9.17, 15) is 5.11 Å². The van der Waals surface area contributed by atoms with Crippen LogP contribution in [-0.2, 0) is 11.2 Å². The topological polar surface area (TPSA) is 42.4 Å². The first-order chi connectivity index (χ1) is 8.63. The van der Waals surface area contributed by atoms with Crippen LogP contribution in [0, 0.1) is 0 Å². The molecule has 0 saturated heterocycles. The van der Waals surface area contributed by atoms with Gasteiger partial charge in [0.1, 0.15) is 10.8 Å². The standard InChI is InChI=1S/C14H15NO2S/c1-8-6-12-13(9(2)17-8)18-14(15-12)10-4-3-5-11(16)7-10/h3-5,7-9,16H,6H2,1-2H3. The van der Waals surface area contributed by atoms with Crippen LogP contribution < -0.4 is 0 Å². The number of aromatic nitrogens is 1. The molecule has 0 aliphatic carbocycles. The van der Waals surface area contributed by atoms with Crippen molar-refractivity contribution < 1.29 is 9.84 Å². The van der Waals surface area contributed by atoms with E-state index >= 15 is 0 Å². The number of phenolic OH excluding ortho intramolecular Hbond substituents is 1. The van der Waals surface area contributed by atoms with E-state index in [-0.39, 0.29) is 18.0 Å². The molecule has 0 saturated carbocycles. The summed E-state index contributed by atoms with van der Waals surface area (Å²) in [6.07, 6.45) is 1.22. The fraction of sp³-hybridized carbons (Fsp3) is 0.357. The van der Waals surface area contributed by atoms with Gasteiger partial charge in [-0.2, -0.15) is 0 Å². The zero-order valence-corrected chi connectivity index (χ0v) is 11.2. The largest absolute Gasteiger partial charge is 0.508 e. The van der Waals surface area contributed by atoms with Crippen LogP contribution in [-0.4, -0.2) is 16.2 Å². The maximum absolute atomic E-state index is 9.52. The van der Waals surface area contributed by atoms with E-state index in [1.807, 2.05) is 12.1 Å². The third-order valence-electron chi connectivity index (χ3n) is 3.11. The molecule has 2 aromatic rings. The van der Waals surface area contributed by atoms with Gasteiger partial charge in [0, 0.05) is 12.0 Å². The summed E-state index contributed by atoms with van der Waals surface area (Å²) in [5.74, 6) is 0.276. The Hall–Kier alpha value is -1.39. The molecule has 1 aromatic heterocycles. The number of nitrogens with zero attached hydrogens (tertiary/aromatic N) is 1. The number of ether oxygens (including phenoxy) is 1. The molecule has 1 aromatic carbocycles. The van der Waals surface area contributed by atoms with Gasteiger partial charge < -0.3 is 9.84 Å². The predicted molar refractivity (Wildman–Crippen MR) is 71.9 cm³/mol. The van der Waals surface area contributed by atoms with Gasteiger partial charge in [0.15, 0.2) is 0 Å². The Morgan fingerprint density at radius 2 is 2.22 bits per heavy atom. The maximum atomic E-state index is 9.52.